The van der Waals surface area contributed by atoms with E-state index >= 15 is 0 Å². The molecule has 0 unspecified atom stereocenters. The Hall–Kier alpha value is -4.54. The normalized spacial score (nSPS) is 14.9. The van der Waals surface area contributed by atoms with Gasteiger partial charge in [0.05, 0.1) is 11.4 Å². The van der Waals surface area contributed by atoms with Crippen molar-refractivity contribution in [1.29, 1.82) is 0 Å². The number of anilines is 3. The van der Waals surface area contributed by atoms with Gasteiger partial charge in [0.1, 0.15) is 12.4 Å². The van der Waals surface area contributed by atoms with Crippen molar-refractivity contribution in [3.63, 3.8) is 0 Å². The lowest BCUT2D eigenvalue weighted by molar-refractivity contribution is -0.274. The molecule has 39 heavy (non-hydrogen) atoms. The molecule has 1 aliphatic heterocycles. The maximum atomic E-state index is 14.0. The van der Waals surface area contributed by atoms with Crippen molar-refractivity contribution in [3.05, 3.63) is 84.9 Å². The zero-order valence-electron chi connectivity index (χ0n) is 21.0. The molecule has 0 radical (unpaired) electrons. The summed E-state index contributed by atoms with van der Waals surface area (Å²) in [5.74, 6) is -1.51. The number of alkyl halides is 3. The van der Waals surface area contributed by atoms with Gasteiger partial charge in [0.25, 0.3) is 11.8 Å². The number of unbranched alkanes of at least 4 members (excludes halogenated alkanes) is 1. The molecule has 0 atom stereocenters. The highest BCUT2D eigenvalue weighted by Gasteiger charge is 2.59. The van der Waals surface area contributed by atoms with Crippen LogP contribution in [0.1, 0.15) is 26.2 Å². The Labute approximate surface area is 222 Å². The molecule has 1 heterocycles. The van der Waals surface area contributed by atoms with Gasteiger partial charge in [-0.3, -0.25) is 14.9 Å². The Morgan fingerprint density at radius 1 is 0.846 bits per heavy atom. The first-order valence-electron chi connectivity index (χ1n) is 12.2. The van der Waals surface area contributed by atoms with Crippen LogP contribution in [0.5, 0.6) is 5.75 Å². The van der Waals surface area contributed by atoms with Gasteiger partial charge in [-0.15, -0.1) is 13.2 Å². The van der Waals surface area contributed by atoms with Gasteiger partial charge < -0.3 is 9.47 Å². The lowest BCUT2D eigenvalue weighted by Gasteiger charge is -2.27. The number of hydrogen-bond acceptors (Lipinski definition) is 5. The van der Waals surface area contributed by atoms with Gasteiger partial charge in [-0.05, 0) is 55.0 Å². The Balaban J connectivity index is 1.58. The fourth-order valence-corrected chi connectivity index (χ4v) is 4.25. The number of ether oxygens (including phenoxy) is 2. The van der Waals surface area contributed by atoms with E-state index in [0.717, 1.165) is 12.1 Å². The third-order valence-corrected chi connectivity index (χ3v) is 6.15. The summed E-state index contributed by atoms with van der Waals surface area (Å²) < 4.78 is 46.4. The van der Waals surface area contributed by atoms with Crippen LogP contribution < -0.4 is 20.1 Å². The van der Waals surface area contributed by atoms with E-state index in [2.05, 4.69) is 10.1 Å². The smallest absolute Gasteiger partial charge is 0.448 e. The minimum Gasteiger partial charge on any atom is -0.448 e. The number of halogens is 3. The summed E-state index contributed by atoms with van der Waals surface area (Å²) in [6.07, 6.45) is -4.46. The first kappa shape index (κ1) is 27.5. The van der Waals surface area contributed by atoms with Crippen LogP contribution in [0.25, 0.3) is 0 Å². The fraction of sp³-hybridized carbons (Fsp3) is 0.250. The van der Waals surface area contributed by atoms with E-state index in [1.165, 1.54) is 22.2 Å². The maximum absolute atomic E-state index is 14.0. The second-order valence-electron chi connectivity index (χ2n) is 8.86. The molecular weight excluding hydrogens is 515 g/mol. The topological polar surface area (TPSA) is 88.2 Å². The Morgan fingerprint density at radius 2 is 1.36 bits per heavy atom. The molecule has 1 saturated heterocycles. The van der Waals surface area contributed by atoms with Crippen molar-refractivity contribution in [3.8, 4) is 5.75 Å². The second-order valence-corrected chi connectivity index (χ2v) is 8.86. The molecule has 0 spiro atoms. The molecule has 0 aromatic heterocycles. The van der Waals surface area contributed by atoms with Crippen molar-refractivity contribution >= 4 is 35.0 Å². The predicted molar refractivity (Wildman–Crippen MR) is 138 cm³/mol. The number of hydrogen-bond donors (Lipinski definition) is 1. The third kappa shape index (κ3) is 6.14. The lowest BCUT2D eigenvalue weighted by atomic mass is 9.82. The van der Waals surface area contributed by atoms with Gasteiger partial charge in [-0.2, -0.15) is 0 Å². The van der Waals surface area contributed by atoms with E-state index in [1.807, 2.05) is 6.92 Å². The predicted octanol–water partition coefficient (Wildman–Crippen LogP) is 6.31. The zero-order chi connectivity index (χ0) is 28.0. The van der Waals surface area contributed by atoms with Gasteiger partial charge in [-0.25, -0.2) is 14.8 Å². The van der Waals surface area contributed by atoms with E-state index in [9.17, 15) is 27.6 Å². The molecule has 11 heteroatoms. The van der Waals surface area contributed by atoms with Gasteiger partial charge in [-0.1, -0.05) is 56.2 Å². The van der Waals surface area contributed by atoms with Gasteiger partial charge >= 0.3 is 12.5 Å². The highest BCUT2D eigenvalue weighted by Crippen LogP contribution is 2.42. The number of amides is 3. The Morgan fingerprint density at radius 3 is 1.82 bits per heavy atom. The molecule has 8 nitrogen and oxygen atoms in total. The molecule has 3 aromatic rings. The van der Waals surface area contributed by atoms with Crippen molar-refractivity contribution in [2.45, 2.75) is 32.5 Å². The van der Waals surface area contributed by atoms with E-state index in [4.69, 9.17) is 4.74 Å². The van der Waals surface area contributed by atoms with Crippen LogP contribution in [0.4, 0.5) is 35.0 Å². The van der Waals surface area contributed by atoms with Crippen LogP contribution >= 0.6 is 0 Å². The van der Waals surface area contributed by atoms with Crippen LogP contribution in [0.2, 0.25) is 0 Å². The fourth-order valence-electron chi connectivity index (χ4n) is 4.25. The number of para-hydroxylation sites is 2. The minimum absolute atomic E-state index is 0.137. The molecule has 3 aromatic carbocycles. The summed E-state index contributed by atoms with van der Waals surface area (Å²) >= 11 is 0. The van der Waals surface area contributed by atoms with Crippen LogP contribution in [0.15, 0.2) is 84.9 Å². The monoisotopic (exact) mass is 541 g/mol. The molecule has 204 valence electrons. The van der Waals surface area contributed by atoms with Crippen molar-refractivity contribution < 1.29 is 37.0 Å². The zero-order valence-corrected chi connectivity index (χ0v) is 21.0. The number of carbonyl (C=O) groups is 3. The SMILES string of the molecule is CCCCC1(COC(=O)Nc2ccc(OC(F)(F)F)cc2)C(=O)N(c2ccccc2)N(c2ccccc2)C1=O. The van der Waals surface area contributed by atoms with Crippen molar-refractivity contribution in [1.82, 2.24) is 0 Å². The quantitative estimate of drug-likeness (QED) is 0.321. The number of benzene rings is 3. The molecule has 0 aliphatic carbocycles. The van der Waals surface area contributed by atoms with Crippen molar-refractivity contribution in [2.75, 3.05) is 21.9 Å². The Bertz CT molecular complexity index is 1240. The summed E-state index contributed by atoms with van der Waals surface area (Å²) in [6, 6.07) is 21.9. The van der Waals surface area contributed by atoms with E-state index in [1.54, 1.807) is 60.7 Å². The van der Waals surface area contributed by atoms with Gasteiger partial charge in [0.15, 0.2) is 5.41 Å². The average molecular weight is 542 g/mol. The third-order valence-electron chi connectivity index (χ3n) is 6.15. The van der Waals surface area contributed by atoms with Crippen LogP contribution in [0.3, 0.4) is 0 Å². The molecule has 4 rings (SSSR count). The number of rotatable bonds is 9. The molecular formula is C28H26F3N3O5. The van der Waals surface area contributed by atoms with Gasteiger partial charge in [0, 0.05) is 5.69 Å². The second kappa shape index (κ2) is 11.5. The van der Waals surface area contributed by atoms with E-state index in [-0.39, 0.29) is 12.1 Å². The lowest BCUT2D eigenvalue weighted by Crippen LogP contribution is -2.42. The highest BCUT2D eigenvalue weighted by atomic mass is 19.4. The average Bonchev–Trinajstić information content (AvgIpc) is 3.14. The molecule has 1 fully saturated rings. The Kier molecular flexibility index (Phi) is 8.08. The van der Waals surface area contributed by atoms with E-state index in [0.29, 0.717) is 24.2 Å². The standard InChI is InChI=1S/C28H26F3N3O5/c1-2-3-18-27(19-38-26(37)32-20-14-16-23(17-15-20)39-28(29,30)31)24(35)33(21-10-6-4-7-11-21)34(25(27)36)22-12-8-5-9-13-22/h4-17H,2-3,18-19H2,1H3,(H,32,37). The molecule has 3 amide bonds. The largest absolute Gasteiger partial charge is 0.573 e. The number of hydrazine groups is 1. The van der Waals surface area contributed by atoms with Crippen molar-refractivity contribution in [2.24, 2.45) is 5.41 Å². The van der Waals surface area contributed by atoms with Crippen LogP contribution in [0, 0.1) is 5.41 Å². The molecule has 0 bridgehead atoms. The summed E-state index contributed by atoms with van der Waals surface area (Å²) in [5, 5.41) is 5.00. The summed E-state index contributed by atoms with van der Waals surface area (Å²) in [4.78, 5) is 40.6. The number of carbonyl (C=O) groups excluding carboxylic acids is 3. The van der Waals surface area contributed by atoms with Crippen LogP contribution in [-0.4, -0.2) is 30.9 Å². The number of nitrogens with one attached hydrogen (secondary N) is 1. The molecule has 0 saturated carbocycles. The molecule has 1 aliphatic rings. The van der Waals surface area contributed by atoms with E-state index < -0.39 is 42.0 Å². The highest BCUT2D eigenvalue weighted by molar-refractivity contribution is 6.26. The first-order chi connectivity index (χ1) is 18.6. The number of nitrogens with zero attached hydrogens (tertiary/aromatic N) is 2. The van der Waals surface area contributed by atoms with Gasteiger partial charge in [0.2, 0.25) is 0 Å². The first-order valence-corrected chi connectivity index (χ1v) is 12.2. The summed E-state index contributed by atoms with van der Waals surface area (Å²) in [6.45, 7) is 1.39. The summed E-state index contributed by atoms with van der Waals surface area (Å²) in [5.41, 5.74) is -0.589. The minimum atomic E-state index is -4.84. The maximum Gasteiger partial charge on any atom is 0.573 e. The molecule has 1 N–H and O–H groups in total. The summed E-state index contributed by atoms with van der Waals surface area (Å²) in [7, 11) is 0. The van der Waals surface area contributed by atoms with Crippen LogP contribution in [-0.2, 0) is 14.3 Å².